The van der Waals surface area contributed by atoms with Crippen molar-refractivity contribution in [2.45, 2.75) is 24.6 Å². The maximum Gasteiger partial charge on any atom is 0.420 e. The van der Waals surface area contributed by atoms with Gasteiger partial charge in [-0.3, -0.25) is 34.2 Å². The number of nitrogens with one attached hydrogen (secondary N) is 1. The minimum atomic E-state index is -4.60. The molecule has 1 atom stereocenters. The molecule has 2 N–H and O–H groups in total. The molecule has 4 aromatic carbocycles. The normalized spacial score (nSPS) is 16.7. The number of thiocarbonyl (C=S) groups is 1. The molecule has 2 heterocycles. The zero-order valence-electron chi connectivity index (χ0n) is 26.9. The number of benzene rings is 4. The number of rotatable bonds is 6. The number of carboxylic acid groups (broad SMARTS) is 1. The van der Waals surface area contributed by atoms with Crippen LogP contribution in [0.4, 0.5) is 22.0 Å². The minimum absolute atomic E-state index is 0.0505. The summed E-state index contributed by atoms with van der Waals surface area (Å²) in [4.78, 5) is 63.5. The van der Waals surface area contributed by atoms with E-state index in [-0.39, 0.29) is 44.7 Å². The van der Waals surface area contributed by atoms with Crippen molar-refractivity contribution in [1.29, 1.82) is 0 Å². The number of ether oxygens (including phenoxy) is 1. The molecular weight excluding hydrogens is 781 g/mol. The number of likely N-dealkylation sites (N-methyl/N-ethyl adjacent to an activating group) is 1. The molecule has 1 fully saturated rings. The average Bonchev–Trinajstić information content (AvgIpc) is 3.38. The molecule has 1 saturated heterocycles. The van der Waals surface area contributed by atoms with Gasteiger partial charge in [-0.15, -0.1) is 0 Å². The summed E-state index contributed by atoms with van der Waals surface area (Å²) in [6.45, 7) is -0.783. The Morgan fingerprint density at radius 2 is 1.75 bits per heavy atom. The smallest absolute Gasteiger partial charge is 0.420 e. The second kappa shape index (κ2) is 14.4. The van der Waals surface area contributed by atoms with Gasteiger partial charge in [0.2, 0.25) is 11.8 Å². The summed E-state index contributed by atoms with van der Waals surface area (Å²) in [6.07, 6.45) is -5.15. The highest BCUT2D eigenvalue weighted by Gasteiger charge is 2.60. The summed E-state index contributed by atoms with van der Waals surface area (Å²) in [5.74, 6) is -6.18. The van der Waals surface area contributed by atoms with Gasteiger partial charge in [0.05, 0.1) is 20.1 Å². The standard InChI is InChI=1S/C19H11BrF2N2O4.C16H14F3NO3S/c20-10-2-1-9(14(22)5-10)8-24-16(26)12-4-3-11(21)6-13(12)19(18(24)28)7-15(25)23-17(19)27;1-20(8-13(21)22)15(24)11-5-3-4-10-9(11)6-7-12(23-2)14(10)16(17,18)19/h1-6H,7-8H2,(H,23,25,27);3-7H,8H2,1-2H3,(H,21,22). The van der Waals surface area contributed by atoms with Crippen molar-refractivity contribution in [3.05, 3.63) is 111 Å². The van der Waals surface area contributed by atoms with Crippen LogP contribution in [0.1, 0.15) is 39.0 Å². The lowest BCUT2D eigenvalue weighted by Gasteiger charge is -2.37. The number of hydrogen-bond donors (Lipinski definition) is 2. The van der Waals surface area contributed by atoms with Crippen LogP contribution >= 0.6 is 28.1 Å². The first kappa shape index (κ1) is 38.0. The molecule has 270 valence electrons. The lowest BCUT2D eigenvalue weighted by atomic mass is 9.72. The van der Waals surface area contributed by atoms with E-state index in [1.54, 1.807) is 12.1 Å². The molecule has 17 heteroatoms. The average molecular weight is 807 g/mol. The third-order valence-electron chi connectivity index (χ3n) is 8.41. The molecule has 2 aliphatic heterocycles. The lowest BCUT2D eigenvalue weighted by Crippen LogP contribution is -2.57. The van der Waals surface area contributed by atoms with Crippen LogP contribution in [0.2, 0.25) is 0 Å². The number of aliphatic carboxylic acids is 1. The Balaban J connectivity index is 0.000000204. The SMILES string of the molecule is COc1ccc2c(C(=S)N(C)CC(=O)O)cccc2c1C(F)(F)F.O=C1CC2(C(=O)N1)C(=O)N(Cc1ccc(Br)cc1F)C(=O)c1ccc(F)cc12. The maximum atomic E-state index is 14.3. The van der Waals surface area contributed by atoms with E-state index in [1.807, 2.05) is 5.32 Å². The summed E-state index contributed by atoms with van der Waals surface area (Å²) >= 11 is 8.36. The minimum Gasteiger partial charge on any atom is -0.496 e. The fourth-order valence-electron chi connectivity index (χ4n) is 6.06. The molecule has 0 radical (unpaired) electrons. The van der Waals surface area contributed by atoms with E-state index in [4.69, 9.17) is 22.1 Å². The number of fused-ring (bicyclic) bond motifs is 3. The first-order valence-electron chi connectivity index (χ1n) is 15.0. The summed E-state index contributed by atoms with van der Waals surface area (Å²) in [7, 11) is 2.65. The van der Waals surface area contributed by atoms with E-state index in [0.29, 0.717) is 10.0 Å². The number of alkyl halides is 3. The van der Waals surface area contributed by atoms with Gasteiger partial charge >= 0.3 is 12.1 Å². The number of nitrogens with zero attached hydrogens (tertiary/aromatic N) is 2. The van der Waals surface area contributed by atoms with Gasteiger partial charge in [-0.1, -0.05) is 52.4 Å². The second-order valence-electron chi connectivity index (χ2n) is 11.7. The van der Waals surface area contributed by atoms with Gasteiger partial charge in [-0.25, -0.2) is 8.78 Å². The molecule has 0 saturated carbocycles. The van der Waals surface area contributed by atoms with E-state index >= 15 is 0 Å². The molecule has 0 bridgehead atoms. The number of carboxylic acids is 1. The van der Waals surface area contributed by atoms with Crippen LogP contribution in [0.25, 0.3) is 10.8 Å². The predicted octanol–water partition coefficient (Wildman–Crippen LogP) is 5.75. The Labute approximate surface area is 305 Å². The number of carbonyl (C=O) groups is 5. The molecule has 0 aromatic heterocycles. The third kappa shape index (κ3) is 6.97. The summed E-state index contributed by atoms with van der Waals surface area (Å²) in [5.41, 5.74) is -2.75. The van der Waals surface area contributed by atoms with Crippen LogP contribution in [0.3, 0.4) is 0 Å². The number of methoxy groups -OCH3 is 1. The van der Waals surface area contributed by atoms with Crippen molar-refractivity contribution < 1.29 is 55.8 Å². The molecule has 10 nitrogen and oxygen atoms in total. The third-order valence-corrected chi connectivity index (χ3v) is 9.44. The first-order valence-corrected chi connectivity index (χ1v) is 16.2. The van der Waals surface area contributed by atoms with Crippen molar-refractivity contribution in [3.8, 4) is 5.75 Å². The molecule has 52 heavy (non-hydrogen) atoms. The van der Waals surface area contributed by atoms with E-state index < -0.39 is 71.4 Å². The van der Waals surface area contributed by atoms with E-state index in [1.165, 1.54) is 55.5 Å². The van der Waals surface area contributed by atoms with Crippen molar-refractivity contribution in [2.24, 2.45) is 0 Å². The van der Waals surface area contributed by atoms with Gasteiger partial charge in [-0.05, 0) is 58.8 Å². The van der Waals surface area contributed by atoms with Gasteiger partial charge in [0.1, 0.15) is 34.5 Å². The molecule has 2 aliphatic rings. The number of halogens is 6. The summed E-state index contributed by atoms with van der Waals surface area (Å²) in [6, 6.07) is 14.3. The zero-order chi connectivity index (χ0) is 38.3. The molecule has 0 aliphatic carbocycles. The Bertz CT molecular complexity index is 2200. The number of carbonyl (C=O) groups excluding carboxylic acids is 4. The van der Waals surface area contributed by atoms with Gasteiger partial charge < -0.3 is 14.7 Å². The Morgan fingerprint density at radius 3 is 2.35 bits per heavy atom. The molecular formula is C35H25BrF5N3O7S. The highest BCUT2D eigenvalue weighted by atomic mass is 79.9. The van der Waals surface area contributed by atoms with Crippen LogP contribution < -0.4 is 10.1 Å². The Kier molecular flexibility index (Phi) is 10.5. The fraction of sp³-hybridized carbons (Fsp3) is 0.200. The van der Waals surface area contributed by atoms with Gasteiger partial charge in [0, 0.05) is 28.2 Å². The highest BCUT2D eigenvalue weighted by Crippen LogP contribution is 2.43. The quantitative estimate of drug-likeness (QED) is 0.108. The number of amides is 4. The van der Waals surface area contributed by atoms with Crippen LogP contribution in [-0.4, -0.2) is 70.2 Å². The van der Waals surface area contributed by atoms with E-state index in [0.717, 1.165) is 23.1 Å². The largest absolute Gasteiger partial charge is 0.496 e. The topological polar surface area (TPSA) is 133 Å². The monoisotopic (exact) mass is 805 g/mol. The van der Waals surface area contributed by atoms with Crippen LogP contribution in [0, 0.1) is 11.6 Å². The molecule has 1 unspecified atom stereocenters. The van der Waals surface area contributed by atoms with Crippen molar-refractivity contribution in [2.75, 3.05) is 20.7 Å². The van der Waals surface area contributed by atoms with E-state index in [2.05, 4.69) is 15.9 Å². The van der Waals surface area contributed by atoms with Crippen LogP contribution in [0.5, 0.6) is 5.75 Å². The lowest BCUT2D eigenvalue weighted by molar-refractivity contribution is -0.142. The molecule has 4 aromatic rings. The molecule has 4 amide bonds. The second-order valence-corrected chi connectivity index (χ2v) is 13.0. The van der Waals surface area contributed by atoms with Crippen molar-refractivity contribution in [3.63, 3.8) is 0 Å². The van der Waals surface area contributed by atoms with Crippen LogP contribution in [-0.2, 0) is 37.3 Å². The Morgan fingerprint density at radius 1 is 1.04 bits per heavy atom. The van der Waals surface area contributed by atoms with Gasteiger partial charge in [0.25, 0.3) is 11.8 Å². The molecule has 6 rings (SSSR count). The maximum absolute atomic E-state index is 14.3. The van der Waals surface area contributed by atoms with Gasteiger partial charge in [-0.2, -0.15) is 13.2 Å². The summed E-state index contributed by atoms with van der Waals surface area (Å²) in [5, 5.41) is 11.1. The number of hydrogen-bond acceptors (Lipinski definition) is 7. The first-order chi connectivity index (χ1) is 24.4. The van der Waals surface area contributed by atoms with E-state index in [9.17, 15) is 45.9 Å². The van der Waals surface area contributed by atoms with Gasteiger partial charge in [0.15, 0.2) is 5.41 Å². The zero-order valence-corrected chi connectivity index (χ0v) is 29.3. The predicted molar refractivity (Wildman–Crippen MR) is 182 cm³/mol. The van der Waals surface area contributed by atoms with Crippen molar-refractivity contribution >= 4 is 73.5 Å². The highest BCUT2D eigenvalue weighted by molar-refractivity contribution is 9.10. The molecule has 1 spiro atoms. The summed E-state index contributed by atoms with van der Waals surface area (Å²) < 4.78 is 73.7. The van der Waals surface area contributed by atoms with Crippen LogP contribution in [0.15, 0.2) is 71.2 Å². The van der Waals surface area contributed by atoms with Crippen molar-refractivity contribution in [1.82, 2.24) is 15.1 Å². The Hall–Kier alpha value is -5.29. The number of imide groups is 2. The fourth-order valence-corrected chi connectivity index (χ4v) is 6.63.